The number of hydrogen-bond donors (Lipinski definition) is 0. The quantitative estimate of drug-likeness (QED) is 0.155. The van der Waals surface area contributed by atoms with Crippen LogP contribution in [0.3, 0.4) is 0 Å². The lowest BCUT2D eigenvalue weighted by Gasteiger charge is -2.30. The third kappa shape index (κ3) is 6.53. The third-order valence-corrected chi connectivity index (χ3v) is 14.7. The molecule has 3 heterocycles. The molecule has 8 aromatic carbocycles. The summed E-state index contributed by atoms with van der Waals surface area (Å²) in [4.78, 5) is 2.45. The Bertz CT molecular complexity index is 3640. The predicted octanol–water partition coefficient (Wildman–Crippen LogP) is 17.9. The van der Waals surface area contributed by atoms with Crippen molar-refractivity contribution >= 4 is 81.7 Å². The van der Waals surface area contributed by atoms with E-state index in [1.807, 2.05) is 25.2 Å². The Morgan fingerprint density at radius 1 is 0.462 bits per heavy atom. The molecule has 0 saturated carbocycles. The minimum Gasteiger partial charge on any atom is -0.314 e. The zero-order chi connectivity index (χ0) is 43.4. The number of nitrogens with zero attached hydrogens (tertiary/aromatic N) is 2. The van der Waals surface area contributed by atoms with Crippen LogP contribution in [-0.4, -0.2) is 4.40 Å². The number of aromatic nitrogens is 1. The first kappa shape index (κ1) is 39.2. The van der Waals surface area contributed by atoms with E-state index in [4.69, 9.17) is 0 Å². The molecule has 0 aliphatic heterocycles. The molecule has 2 aliphatic rings. The number of thiophene rings is 1. The zero-order valence-electron chi connectivity index (χ0n) is 36.8. The monoisotopic (exact) mass is 852 g/mol. The molecule has 312 valence electrons. The fourth-order valence-corrected chi connectivity index (χ4v) is 11.8. The lowest BCUT2D eigenvalue weighted by Crippen LogP contribution is -2.17. The molecule has 3 heteroatoms. The van der Waals surface area contributed by atoms with Crippen molar-refractivity contribution in [2.24, 2.45) is 0 Å². The Balaban J connectivity index is 0.00000219. The number of para-hydroxylation sites is 1. The number of aryl methyl sites for hydroxylation is 1. The highest BCUT2D eigenvalue weighted by Gasteiger charge is 2.24. The molecule has 2 nitrogen and oxygen atoms in total. The summed E-state index contributed by atoms with van der Waals surface area (Å²) in [6.45, 7) is 4.00. The van der Waals surface area contributed by atoms with E-state index in [1.54, 1.807) is 0 Å². The summed E-state index contributed by atoms with van der Waals surface area (Å²) >= 11 is 1.87. The summed E-state index contributed by atoms with van der Waals surface area (Å²) in [5, 5.41) is 6.74. The molecule has 0 amide bonds. The Hall–Kier alpha value is -7.46. The van der Waals surface area contributed by atoms with Crippen LogP contribution in [-0.2, 0) is 6.42 Å². The molecule has 0 atom stereocenters. The van der Waals surface area contributed by atoms with Crippen molar-refractivity contribution in [1.29, 1.82) is 0 Å². The van der Waals surface area contributed by atoms with E-state index >= 15 is 0 Å². The Morgan fingerprint density at radius 3 is 1.82 bits per heavy atom. The minimum absolute atomic E-state index is 0.935. The molecule has 0 unspecified atom stereocenters. The molecule has 2 aliphatic carbocycles. The van der Waals surface area contributed by atoms with Crippen LogP contribution in [0.25, 0.3) is 92.4 Å². The number of fused-ring (bicyclic) bond motifs is 9. The minimum atomic E-state index is 0.935. The van der Waals surface area contributed by atoms with Crippen molar-refractivity contribution in [2.75, 3.05) is 4.90 Å². The van der Waals surface area contributed by atoms with Gasteiger partial charge in [0.15, 0.2) is 0 Å². The van der Waals surface area contributed by atoms with E-state index in [9.17, 15) is 0 Å². The number of rotatable bonds is 7. The van der Waals surface area contributed by atoms with Crippen LogP contribution in [0.5, 0.6) is 0 Å². The van der Waals surface area contributed by atoms with Crippen molar-refractivity contribution in [1.82, 2.24) is 4.40 Å². The van der Waals surface area contributed by atoms with E-state index in [2.05, 4.69) is 216 Å². The number of hydrogen-bond acceptors (Lipinski definition) is 2. The molecule has 0 bridgehead atoms. The van der Waals surface area contributed by atoms with Gasteiger partial charge in [-0.25, -0.2) is 0 Å². The summed E-state index contributed by atoms with van der Waals surface area (Å²) in [5.74, 6) is 0. The van der Waals surface area contributed by atoms with Gasteiger partial charge in [0.2, 0.25) is 0 Å². The Kier molecular flexibility index (Phi) is 9.80. The molecular weight excluding hydrogens is 805 g/mol. The highest BCUT2D eigenvalue weighted by atomic mass is 32.1. The second-order valence-electron chi connectivity index (χ2n) is 17.0. The molecule has 0 fully saturated rings. The maximum atomic E-state index is 2.55. The van der Waals surface area contributed by atoms with Crippen molar-refractivity contribution in [3.63, 3.8) is 0 Å². The van der Waals surface area contributed by atoms with Crippen LogP contribution >= 0.6 is 11.3 Å². The first-order chi connectivity index (χ1) is 32.2. The lowest BCUT2D eigenvalue weighted by molar-refractivity contribution is 0.926. The largest absolute Gasteiger partial charge is 0.314 e. The molecule has 3 aromatic heterocycles. The van der Waals surface area contributed by atoms with Gasteiger partial charge in [-0.2, -0.15) is 0 Å². The molecule has 13 rings (SSSR count). The van der Waals surface area contributed by atoms with Gasteiger partial charge in [-0.05, 0) is 119 Å². The highest BCUT2D eigenvalue weighted by Crippen LogP contribution is 2.45. The Morgan fingerprint density at radius 2 is 1.06 bits per heavy atom. The second kappa shape index (κ2) is 16.3. The first-order valence-electron chi connectivity index (χ1n) is 23.2. The highest BCUT2D eigenvalue weighted by molar-refractivity contribution is 7.25. The maximum absolute atomic E-state index is 2.55. The van der Waals surface area contributed by atoms with Gasteiger partial charge in [0.25, 0.3) is 0 Å². The van der Waals surface area contributed by atoms with Gasteiger partial charge in [-0.1, -0.05) is 172 Å². The van der Waals surface area contributed by atoms with Gasteiger partial charge in [0.1, 0.15) is 0 Å². The summed E-state index contributed by atoms with van der Waals surface area (Å²) in [6.07, 6.45) is 13.4. The molecule has 0 radical (unpaired) electrons. The van der Waals surface area contributed by atoms with Crippen molar-refractivity contribution < 1.29 is 0 Å². The van der Waals surface area contributed by atoms with Gasteiger partial charge in [0, 0.05) is 64.7 Å². The molecule has 0 saturated heterocycles. The molecule has 0 N–H and O–H groups in total. The van der Waals surface area contributed by atoms with Crippen LogP contribution in [0.1, 0.15) is 49.9 Å². The predicted molar refractivity (Wildman–Crippen MR) is 282 cm³/mol. The van der Waals surface area contributed by atoms with Crippen LogP contribution in [0.15, 0.2) is 206 Å². The Labute approximate surface area is 384 Å². The van der Waals surface area contributed by atoms with Crippen LogP contribution in [0, 0.1) is 0 Å². The second-order valence-corrected chi connectivity index (χ2v) is 18.1. The third-order valence-electron chi connectivity index (χ3n) is 13.6. The van der Waals surface area contributed by atoms with E-state index in [1.165, 1.54) is 109 Å². The summed E-state index contributed by atoms with van der Waals surface area (Å²) in [6, 6.07) is 67.5. The maximum Gasteiger partial charge on any atom is 0.0617 e. The summed E-state index contributed by atoms with van der Waals surface area (Å²) < 4.78 is 5.21. The van der Waals surface area contributed by atoms with E-state index in [-0.39, 0.29) is 0 Å². The van der Waals surface area contributed by atoms with Crippen molar-refractivity contribution in [2.45, 2.75) is 39.5 Å². The fraction of sp³-hybridized carbons (Fsp3) is 0.0968. The smallest absolute Gasteiger partial charge is 0.0617 e. The van der Waals surface area contributed by atoms with E-state index in [0.717, 1.165) is 37.1 Å². The number of allylic oxidation sites excluding steroid dienone is 5. The van der Waals surface area contributed by atoms with E-state index < -0.39 is 0 Å². The van der Waals surface area contributed by atoms with E-state index in [0.29, 0.717) is 0 Å². The van der Waals surface area contributed by atoms with Crippen molar-refractivity contribution in [3.05, 3.63) is 223 Å². The average molecular weight is 853 g/mol. The first-order valence-corrected chi connectivity index (χ1v) is 24.0. The fourth-order valence-electron chi connectivity index (χ4n) is 10.6. The van der Waals surface area contributed by atoms with Crippen LogP contribution in [0.4, 0.5) is 11.4 Å². The number of benzene rings is 8. The van der Waals surface area contributed by atoms with Gasteiger partial charge >= 0.3 is 0 Å². The topological polar surface area (TPSA) is 7.65 Å². The summed E-state index contributed by atoms with van der Waals surface area (Å²) in [5.41, 5.74) is 19.3. The average Bonchev–Trinajstić information content (AvgIpc) is 4.06. The normalized spacial score (nSPS) is 13.6. The molecular formula is C62H48N2S. The van der Waals surface area contributed by atoms with Crippen molar-refractivity contribution in [3.8, 4) is 33.4 Å². The number of anilines is 2. The molecule has 11 aromatic rings. The lowest BCUT2D eigenvalue weighted by atomic mass is 9.92. The van der Waals surface area contributed by atoms with Gasteiger partial charge in [-0.3, -0.25) is 0 Å². The van der Waals surface area contributed by atoms with Crippen LogP contribution < -0.4 is 4.90 Å². The zero-order valence-corrected chi connectivity index (χ0v) is 37.6. The molecule has 65 heavy (non-hydrogen) atoms. The van der Waals surface area contributed by atoms with Gasteiger partial charge in [-0.15, -0.1) is 11.3 Å². The summed E-state index contributed by atoms with van der Waals surface area (Å²) in [7, 11) is 0. The van der Waals surface area contributed by atoms with Gasteiger partial charge in [0.05, 0.1) is 11.0 Å². The molecule has 0 spiro atoms. The van der Waals surface area contributed by atoms with Crippen LogP contribution in [0.2, 0.25) is 0 Å². The standard InChI is InChI=1S/C60H42N2S.C2H6/c1-2-11-39(12-3-1)41-27-33-45(34-28-41)61(47-37-31-44(32-38-47)49-16-10-22-57-59(49)52-14-5-7-21-56(52)63-57)46-35-29-42(30-36-46)40-23-25-43(26-24-40)48-15-9-20-55-58(48)53-18-8-17-51-50-13-4-6-19-54(50)62(55)60(51)53;1-2/h1-5,7-18,20-29,31-35,37-38H,6,19,30,36H2;1-2H3. The van der Waals surface area contributed by atoms with Gasteiger partial charge < -0.3 is 9.30 Å². The SMILES string of the molecule is C1=Cc2c(n3c4cccc(-c5ccc(C6=CC=C(N(c7ccc(-c8ccccc8)cc7)c7ccc(-c8cccc9sc%10ccccc%10c89)cc7)CC6)cc5)c4c4cccc2c43)CC1.CC.